The lowest BCUT2D eigenvalue weighted by atomic mass is 10.2. The van der Waals surface area contributed by atoms with Crippen molar-refractivity contribution in [3.05, 3.63) is 59.7 Å². The van der Waals surface area contributed by atoms with Gasteiger partial charge in [-0.1, -0.05) is 24.3 Å². The minimum Gasteiger partial charge on any atom is -0.493 e. The van der Waals surface area contributed by atoms with Crippen LogP contribution >= 0.6 is 0 Å². The van der Waals surface area contributed by atoms with Crippen LogP contribution in [0.3, 0.4) is 0 Å². The van der Waals surface area contributed by atoms with E-state index in [0.717, 1.165) is 0 Å². The molecule has 0 saturated heterocycles. The smallest absolute Gasteiger partial charge is 0.347 e. The Balaban J connectivity index is 2.26. The van der Waals surface area contributed by atoms with E-state index in [1.54, 1.807) is 55.5 Å². The van der Waals surface area contributed by atoms with Crippen LogP contribution in [0.4, 0.5) is 0 Å². The monoisotopic (exact) mass is 314 g/mol. The summed E-state index contributed by atoms with van der Waals surface area (Å²) in [6.45, 7) is 4.22. The van der Waals surface area contributed by atoms with Gasteiger partial charge in [0.25, 0.3) is 0 Å². The fraction of sp³-hybridized carbons (Fsp3) is 0.222. The molecule has 0 unspecified atom stereocenters. The van der Waals surface area contributed by atoms with E-state index >= 15 is 0 Å². The maximum atomic E-state index is 12.4. The molecule has 0 spiro atoms. The molecule has 0 fully saturated rings. The molecule has 0 amide bonds. The second-order valence-corrected chi connectivity index (χ2v) is 4.54. The van der Waals surface area contributed by atoms with E-state index in [-0.39, 0.29) is 17.9 Å². The van der Waals surface area contributed by atoms with Crippen molar-refractivity contribution >= 4 is 11.9 Å². The predicted molar refractivity (Wildman–Crippen MR) is 85.0 cm³/mol. The molecular weight excluding hydrogens is 296 g/mol. The molecule has 0 saturated carbocycles. The molecule has 0 heterocycles. The first kappa shape index (κ1) is 16.5. The van der Waals surface area contributed by atoms with Crippen LogP contribution in [0, 0.1) is 0 Å². The molecule has 2 aromatic rings. The third-order valence-corrected chi connectivity index (χ3v) is 2.99. The van der Waals surface area contributed by atoms with Gasteiger partial charge in [-0.2, -0.15) is 0 Å². The zero-order valence-corrected chi connectivity index (χ0v) is 13.1. The molecule has 2 aromatic carbocycles. The molecule has 0 N–H and O–H groups in total. The van der Waals surface area contributed by atoms with Gasteiger partial charge in [-0.15, -0.1) is 0 Å². The number of rotatable bonds is 6. The molecular formula is C18H18O5. The fourth-order valence-electron chi connectivity index (χ4n) is 2.00. The first-order valence-electron chi connectivity index (χ1n) is 7.37. The molecule has 120 valence electrons. The van der Waals surface area contributed by atoms with Gasteiger partial charge in [0, 0.05) is 0 Å². The maximum Gasteiger partial charge on any atom is 0.347 e. The second kappa shape index (κ2) is 7.98. The summed E-state index contributed by atoms with van der Waals surface area (Å²) < 4.78 is 15.7. The number of carbonyl (C=O) groups excluding carboxylic acids is 2. The largest absolute Gasteiger partial charge is 0.493 e. The molecule has 0 atom stereocenters. The van der Waals surface area contributed by atoms with Crippen molar-refractivity contribution in [2.24, 2.45) is 0 Å². The summed E-state index contributed by atoms with van der Waals surface area (Å²) in [5, 5.41) is 0. The Morgan fingerprint density at radius 1 is 0.783 bits per heavy atom. The highest BCUT2D eigenvalue weighted by Gasteiger charge is 2.19. The molecule has 0 bridgehead atoms. The normalized spacial score (nSPS) is 10.0. The third-order valence-electron chi connectivity index (χ3n) is 2.99. The van der Waals surface area contributed by atoms with Crippen molar-refractivity contribution in [3.63, 3.8) is 0 Å². The van der Waals surface area contributed by atoms with E-state index in [2.05, 4.69) is 0 Å². The quantitative estimate of drug-likeness (QED) is 0.603. The summed E-state index contributed by atoms with van der Waals surface area (Å²) in [7, 11) is 0. The molecule has 23 heavy (non-hydrogen) atoms. The minimum absolute atomic E-state index is 0.155. The number of para-hydroxylation sites is 2. The number of hydrogen-bond acceptors (Lipinski definition) is 5. The van der Waals surface area contributed by atoms with Crippen molar-refractivity contribution in [2.75, 3.05) is 13.2 Å². The van der Waals surface area contributed by atoms with Crippen molar-refractivity contribution in [2.45, 2.75) is 13.8 Å². The lowest BCUT2D eigenvalue weighted by molar-refractivity contribution is 0.0520. The predicted octanol–water partition coefficient (Wildman–Crippen LogP) is 3.48. The average Bonchev–Trinajstić information content (AvgIpc) is 2.56. The van der Waals surface area contributed by atoms with Gasteiger partial charge < -0.3 is 14.2 Å². The van der Waals surface area contributed by atoms with Crippen LogP contribution in [-0.2, 0) is 4.74 Å². The van der Waals surface area contributed by atoms with Gasteiger partial charge in [0.2, 0.25) is 0 Å². The summed E-state index contributed by atoms with van der Waals surface area (Å²) >= 11 is 0. The third kappa shape index (κ3) is 4.10. The van der Waals surface area contributed by atoms with E-state index < -0.39 is 11.9 Å². The lowest BCUT2D eigenvalue weighted by Gasteiger charge is -2.11. The highest BCUT2D eigenvalue weighted by molar-refractivity contribution is 5.97. The van der Waals surface area contributed by atoms with Crippen molar-refractivity contribution in [1.29, 1.82) is 0 Å². The number of esters is 2. The Kier molecular flexibility index (Phi) is 5.74. The Morgan fingerprint density at radius 2 is 1.35 bits per heavy atom. The molecule has 5 heteroatoms. The van der Waals surface area contributed by atoms with Crippen LogP contribution in [0.25, 0.3) is 0 Å². The van der Waals surface area contributed by atoms with Gasteiger partial charge in [0.15, 0.2) is 0 Å². The Labute approximate surface area is 134 Å². The zero-order valence-electron chi connectivity index (χ0n) is 13.1. The molecule has 0 aromatic heterocycles. The van der Waals surface area contributed by atoms with E-state index in [4.69, 9.17) is 14.2 Å². The SMILES string of the molecule is CCOC(=O)c1ccccc1OC(=O)c1ccccc1OCC. The highest BCUT2D eigenvalue weighted by Crippen LogP contribution is 2.23. The summed E-state index contributed by atoms with van der Waals surface area (Å²) in [5.41, 5.74) is 0.504. The topological polar surface area (TPSA) is 61.8 Å². The summed E-state index contributed by atoms with van der Waals surface area (Å²) in [6.07, 6.45) is 0. The molecule has 0 aliphatic carbocycles. The summed E-state index contributed by atoms with van der Waals surface area (Å²) in [4.78, 5) is 24.3. The minimum atomic E-state index is -0.592. The second-order valence-electron chi connectivity index (χ2n) is 4.54. The standard InChI is InChI=1S/C18H18O5/c1-3-21-15-11-7-5-9-13(15)18(20)23-16-12-8-6-10-14(16)17(19)22-4-2/h5-12H,3-4H2,1-2H3. The van der Waals surface area contributed by atoms with Crippen LogP contribution in [0.2, 0.25) is 0 Å². The van der Waals surface area contributed by atoms with Gasteiger partial charge in [-0.3, -0.25) is 0 Å². The lowest BCUT2D eigenvalue weighted by Crippen LogP contribution is -2.14. The first-order valence-corrected chi connectivity index (χ1v) is 7.37. The number of hydrogen-bond donors (Lipinski definition) is 0. The van der Waals surface area contributed by atoms with Gasteiger partial charge in [-0.05, 0) is 38.1 Å². The van der Waals surface area contributed by atoms with Gasteiger partial charge in [0.1, 0.15) is 22.6 Å². The number of benzene rings is 2. The fourth-order valence-corrected chi connectivity index (χ4v) is 2.00. The van der Waals surface area contributed by atoms with E-state index in [1.165, 1.54) is 0 Å². The average molecular weight is 314 g/mol. The molecule has 0 aliphatic heterocycles. The van der Waals surface area contributed by atoms with Gasteiger partial charge in [0.05, 0.1) is 13.2 Å². The molecule has 0 aliphatic rings. The van der Waals surface area contributed by atoms with Crippen molar-refractivity contribution < 1.29 is 23.8 Å². The summed E-state index contributed by atoms with van der Waals surface area (Å²) in [5.74, 6) is -0.532. The zero-order chi connectivity index (χ0) is 16.7. The van der Waals surface area contributed by atoms with Gasteiger partial charge >= 0.3 is 11.9 Å². The molecule has 2 rings (SSSR count). The molecule has 0 radical (unpaired) electrons. The number of carbonyl (C=O) groups is 2. The van der Waals surface area contributed by atoms with E-state index in [1.807, 2.05) is 6.92 Å². The van der Waals surface area contributed by atoms with Crippen LogP contribution in [0.15, 0.2) is 48.5 Å². The summed E-state index contributed by atoms with van der Waals surface area (Å²) in [6, 6.07) is 13.3. The Hall–Kier alpha value is -2.82. The maximum absolute atomic E-state index is 12.4. The van der Waals surface area contributed by atoms with Crippen molar-refractivity contribution in [1.82, 2.24) is 0 Å². The van der Waals surface area contributed by atoms with Crippen LogP contribution in [-0.4, -0.2) is 25.2 Å². The molecule has 5 nitrogen and oxygen atoms in total. The van der Waals surface area contributed by atoms with Crippen LogP contribution < -0.4 is 9.47 Å². The highest BCUT2D eigenvalue weighted by atomic mass is 16.5. The number of ether oxygens (including phenoxy) is 3. The first-order chi connectivity index (χ1) is 11.2. The van der Waals surface area contributed by atoms with Crippen LogP contribution in [0.5, 0.6) is 11.5 Å². The Bertz CT molecular complexity index is 693. The van der Waals surface area contributed by atoms with E-state index in [9.17, 15) is 9.59 Å². The van der Waals surface area contributed by atoms with E-state index in [0.29, 0.717) is 17.9 Å². The van der Waals surface area contributed by atoms with Gasteiger partial charge in [-0.25, -0.2) is 9.59 Å². The van der Waals surface area contributed by atoms with Crippen molar-refractivity contribution in [3.8, 4) is 11.5 Å². The van der Waals surface area contributed by atoms with Crippen LogP contribution in [0.1, 0.15) is 34.6 Å². The Morgan fingerprint density at radius 3 is 1.96 bits per heavy atom.